The summed E-state index contributed by atoms with van der Waals surface area (Å²) in [6.45, 7) is 3.90. The Morgan fingerprint density at radius 1 is 1.24 bits per heavy atom. The number of anilines is 1. The summed E-state index contributed by atoms with van der Waals surface area (Å²) >= 11 is 2.79. The first-order valence-corrected chi connectivity index (χ1v) is 12.7. The van der Waals surface area contributed by atoms with Crippen LogP contribution in [0.15, 0.2) is 40.0 Å². The molecule has 3 heterocycles. The first kappa shape index (κ1) is 21.9. The molecule has 33 heavy (non-hydrogen) atoms. The molecule has 1 aromatic carbocycles. The number of hydrogen-bond donors (Lipinski definition) is 1. The van der Waals surface area contributed by atoms with E-state index in [1.807, 2.05) is 31.2 Å². The lowest BCUT2D eigenvalue weighted by Crippen LogP contribution is -2.23. The van der Waals surface area contributed by atoms with Crippen LogP contribution in [0.5, 0.6) is 0 Å². The van der Waals surface area contributed by atoms with Crippen molar-refractivity contribution in [2.75, 3.05) is 11.9 Å². The number of thiophene rings is 1. The van der Waals surface area contributed by atoms with Crippen LogP contribution >= 0.6 is 23.1 Å². The highest BCUT2D eigenvalue weighted by Crippen LogP contribution is 2.39. The number of fused-ring (bicyclic) bond motifs is 4. The van der Waals surface area contributed by atoms with E-state index >= 15 is 0 Å². The number of hydrogen-bond acceptors (Lipinski definition) is 8. The normalized spacial score (nSPS) is 14.2. The summed E-state index contributed by atoms with van der Waals surface area (Å²) in [7, 11) is 0. The number of esters is 1. The van der Waals surface area contributed by atoms with Crippen LogP contribution in [-0.4, -0.2) is 33.7 Å². The molecule has 0 saturated carbocycles. The summed E-state index contributed by atoms with van der Waals surface area (Å²) in [5.41, 5.74) is 3.58. The summed E-state index contributed by atoms with van der Waals surface area (Å²) in [4.78, 5) is 35.7. The number of benzene rings is 1. The molecule has 1 aliphatic carbocycles. The molecule has 0 fully saturated rings. The Kier molecular flexibility index (Phi) is 6.07. The third-order valence-corrected chi connectivity index (χ3v) is 7.96. The van der Waals surface area contributed by atoms with Crippen molar-refractivity contribution in [1.29, 1.82) is 0 Å². The van der Waals surface area contributed by atoms with Gasteiger partial charge in [-0.2, -0.15) is 0 Å². The number of furan rings is 1. The van der Waals surface area contributed by atoms with Crippen molar-refractivity contribution in [3.63, 3.8) is 0 Å². The van der Waals surface area contributed by atoms with Gasteiger partial charge in [0.05, 0.1) is 17.4 Å². The van der Waals surface area contributed by atoms with Crippen LogP contribution in [0.3, 0.4) is 0 Å². The molecular formula is C24H23N3O4S2. The predicted molar refractivity (Wildman–Crippen MR) is 130 cm³/mol. The summed E-state index contributed by atoms with van der Waals surface area (Å²) in [6.07, 6.45) is 5.39. The van der Waals surface area contributed by atoms with E-state index in [0.717, 1.165) is 47.7 Å². The van der Waals surface area contributed by atoms with E-state index < -0.39 is 5.25 Å². The van der Waals surface area contributed by atoms with Gasteiger partial charge in [0.25, 0.3) is 0 Å². The van der Waals surface area contributed by atoms with Gasteiger partial charge in [0.15, 0.2) is 5.58 Å². The average molecular weight is 482 g/mol. The zero-order chi connectivity index (χ0) is 22.9. The Balaban J connectivity index is 1.40. The van der Waals surface area contributed by atoms with Crippen LogP contribution in [0.1, 0.15) is 47.5 Å². The highest BCUT2D eigenvalue weighted by molar-refractivity contribution is 8.00. The molecule has 0 unspecified atom stereocenters. The summed E-state index contributed by atoms with van der Waals surface area (Å²) in [5, 5.41) is 4.62. The van der Waals surface area contributed by atoms with Crippen molar-refractivity contribution in [2.24, 2.45) is 0 Å². The number of carbonyl (C=O) groups excluding carboxylic acids is 2. The predicted octanol–water partition coefficient (Wildman–Crippen LogP) is 5.61. The molecular weight excluding hydrogens is 458 g/mol. The average Bonchev–Trinajstić information content (AvgIpc) is 3.38. The smallest absolute Gasteiger partial charge is 0.341 e. The number of thioether (sulfide) groups is 1. The van der Waals surface area contributed by atoms with Gasteiger partial charge in [0, 0.05) is 10.3 Å². The van der Waals surface area contributed by atoms with E-state index in [1.165, 1.54) is 34.3 Å². The van der Waals surface area contributed by atoms with Crippen molar-refractivity contribution < 1.29 is 18.7 Å². The molecule has 1 aliphatic rings. The third-order valence-electron chi connectivity index (χ3n) is 5.67. The first-order chi connectivity index (χ1) is 16.1. The second-order valence-corrected chi connectivity index (χ2v) is 10.3. The lowest BCUT2D eigenvalue weighted by molar-refractivity contribution is -0.115. The minimum Gasteiger partial charge on any atom is -0.462 e. The van der Waals surface area contributed by atoms with Crippen molar-refractivity contribution in [2.45, 2.75) is 49.8 Å². The third kappa shape index (κ3) is 4.11. The zero-order valence-electron chi connectivity index (χ0n) is 18.3. The van der Waals surface area contributed by atoms with E-state index in [9.17, 15) is 9.59 Å². The maximum Gasteiger partial charge on any atom is 0.341 e. The second kappa shape index (κ2) is 9.15. The van der Waals surface area contributed by atoms with Crippen LogP contribution in [0, 0.1) is 0 Å². The molecule has 9 heteroatoms. The van der Waals surface area contributed by atoms with Crippen LogP contribution in [-0.2, 0) is 22.4 Å². The van der Waals surface area contributed by atoms with Gasteiger partial charge < -0.3 is 14.5 Å². The van der Waals surface area contributed by atoms with Crippen LogP contribution in [0.4, 0.5) is 5.00 Å². The van der Waals surface area contributed by atoms with Gasteiger partial charge in [-0.15, -0.1) is 11.3 Å². The number of carbonyl (C=O) groups is 2. The van der Waals surface area contributed by atoms with E-state index in [-0.39, 0.29) is 11.9 Å². The number of nitrogens with one attached hydrogen (secondary N) is 1. The van der Waals surface area contributed by atoms with Gasteiger partial charge >= 0.3 is 5.97 Å². The van der Waals surface area contributed by atoms with Crippen molar-refractivity contribution in [1.82, 2.24) is 9.97 Å². The maximum atomic E-state index is 13.1. The Morgan fingerprint density at radius 3 is 2.91 bits per heavy atom. The Bertz CT molecular complexity index is 1360. The molecule has 4 aromatic rings. The van der Waals surface area contributed by atoms with Crippen molar-refractivity contribution in [3.8, 4) is 0 Å². The van der Waals surface area contributed by atoms with Crippen LogP contribution in [0.25, 0.3) is 22.1 Å². The highest BCUT2D eigenvalue weighted by Gasteiger charge is 2.28. The Hall–Kier alpha value is -2.91. The fraction of sp³-hybridized carbons (Fsp3) is 0.333. The molecule has 1 N–H and O–H groups in total. The molecule has 1 amide bonds. The number of ether oxygens (including phenoxy) is 1. The van der Waals surface area contributed by atoms with Gasteiger partial charge in [0.1, 0.15) is 27.5 Å². The first-order valence-electron chi connectivity index (χ1n) is 11.0. The minimum absolute atomic E-state index is 0.202. The van der Waals surface area contributed by atoms with E-state index in [2.05, 4.69) is 15.3 Å². The number of para-hydroxylation sites is 1. The molecule has 3 aromatic heterocycles. The van der Waals surface area contributed by atoms with Gasteiger partial charge in [-0.3, -0.25) is 4.79 Å². The molecule has 1 atom stereocenters. The Labute approximate surface area is 198 Å². The molecule has 5 rings (SSSR count). The molecule has 0 radical (unpaired) electrons. The van der Waals surface area contributed by atoms with E-state index in [4.69, 9.17) is 9.15 Å². The molecule has 0 aliphatic heterocycles. The Morgan fingerprint density at radius 2 is 2.06 bits per heavy atom. The quantitative estimate of drug-likeness (QED) is 0.217. The lowest BCUT2D eigenvalue weighted by Gasteiger charge is -2.13. The minimum atomic E-state index is -0.467. The number of aromatic nitrogens is 2. The van der Waals surface area contributed by atoms with E-state index in [0.29, 0.717) is 27.8 Å². The van der Waals surface area contributed by atoms with Crippen molar-refractivity contribution in [3.05, 3.63) is 46.6 Å². The van der Waals surface area contributed by atoms with Crippen LogP contribution in [0.2, 0.25) is 0 Å². The SMILES string of the molecule is CCOC(=O)c1c(NC(=O)[C@H](C)Sc2ncnc3c2oc2ccccc23)sc2c1CCCC2. The zero-order valence-corrected chi connectivity index (χ0v) is 20.0. The van der Waals surface area contributed by atoms with Gasteiger partial charge in [-0.25, -0.2) is 14.8 Å². The number of amides is 1. The summed E-state index contributed by atoms with van der Waals surface area (Å²) in [6, 6.07) is 7.68. The van der Waals surface area contributed by atoms with Crippen LogP contribution < -0.4 is 5.32 Å². The topological polar surface area (TPSA) is 94.3 Å². The second-order valence-electron chi connectivity index (χ2n) is 7.84. The fourth-order valence-electron chi connectivity index (χ4n) is 4.09. The standard InChI is InChI=1S/C24H23N3O4S2/c1-3-30-24(29)18-15-9-5-7-11-17(15)33-22(18)27-21(28)13(2)32-23-20-19(25-12-26-23)14-8-4-6-10-16(14)31-20/h4,6,8,10,12-13H,3,5,7,9,11H2,1-2H3,(H,27,28)/t13-/m0/s1. The molecule has 0 spiro atoms. The summed E-state index contributed by atoms with van der Waals surface area (Å²) in [5.74, 6) is -0.570. The van der Waals surface area contributed by atoms with Crippen molar-refractivity contribution >= 4 is 62.0 Å². The molecule has 170 valence electrons. The van der Waals surface area contributed by atoms with Gasteiger partial charge in [0.2, 0.25) is 5.91 Å². The number of rotatable bonds is 6. The monoisotopic (exact) mass is 481 g/mol. The van der Waals surface area contributed by atoms with E-state index in [1.54, 1.807) is 6.92 Å². The number of nitrogens with zero attached hydrogens (tertiary/aromatic N) is 2. The summed E-state index contributed by atoms with van der Waals surface area (Å²) < 4.78 is 11.3. The highest BCUT2D eigenvalue weighted by atomic mass is 32.2. The van der Waals surface area contributed by atoms with Gasteiger partial charge in [-0.1, -0.05) is 23.9 Å². The molecule has 7 nitrogen and oxygen atoms in total. The lowest BCUT2D eigenvalue weighted by atomic mass is 9.95. The largest absolute Gasteiger partial charge is 0.462 e. The van der Waals surface area contributed by atoms with Gasteiger partial charge in [-0.05, 0) is 57.2 Å². The maximum absolute atomic E-state index is 13.1. The molecule has 0 saturated heterocycles. The molecule has 0 bridgehead atoms. The number of aryl methyl sites for hydroxylation is 1. The fourth-order valence-corrected chi connectivity index (χ4v) is 6.23.